The minimum absolute atomic E-state index is 0.00402. The van der Waals surface area contributed by atoms with Crippen molar-refractivity contribution in [3.05, 3.63) is 34.2 Å². The predicted octanol–water partition coefficient (Wildman–Crippen LogP) is 0.00550. The van der Waals surface area contributed by atoms with Crippen molar-refractivity contribution in [2.45, 2.75) is 43.7 Å². The molecule has 4 aliphatic rings. The summed E-state index contributed by atoms with van der Waals surface area (Å²) in [4.78, 5) is 44.8. The van der Waals surface area contributed by atoms with Crippen LogP contribution in [0.3, 0.4) is 0 Å². The molecule has 2 N–H and O–H groups in total. The Morgan fingerprint density at radius 2 is 2.00 bits per heavy atom. The molecule has 1 aromatic rings. The van der Waals surface area contributed by atoms with E-state index in [9.17, 15) is 14.4 Å². The summed E-state index contributed by atoms with van der Waals surface area (Å²) >= 11 is 0. The van der Waals surface area contributed by atoms with Crippen LogP contribution in [0.2, 0.25) is 0 Å². The van der Waals surface area contributed by atoms with Crippen LogP contribution in [0.15, 0.2) is 28.0 Å². The van der Waals surface area contributed by atoms with Crippen LogP contribution in [0.5, 0.6) is 0 Å². The molecular formula is C20H25N5O3. The SMILES string of the molecule is CC1=NC2(CCN(C(=O)[C@H]3[C@@H]4CNC[C@@H](C4)c4cccc(=O)n43)CC2)C(=O)N1. The van der Waals surface area contributed by atoms with E-state index in [1.807, 2.05) is 11.0 Å². The van der Waals surface area contributed by atoms with Crippen LogP contribution < -0.4 is 16.2 Å². The number of amides is 2. The first-order valence-electron chi connectivity index (χ1n) is 10.1. The number of hydrogen-bond acceptors (Lipinski definition) is 5. The average Bonchev–Trinajstić information content (AvgIpc) is 2.96. The molecule has 0 unspecified atom stereocenters. The molecule has 1 aromatic heterocycles. The van der Waals surface area contributed by atoms with E-state index < -0.39 is 11.6 Å². The van der Waals surface area contributed by atoms with Gasteiger partial charge in [-0.1, -0.05) is 6.07 Å². The Morgan fingerprint density at radius 3 is 2.71 bits per heavy atom. The number of aliphatic imine (C=N–C) groups is 1. The molecule has 3 atom stereocenters. The van der Waals surface area contributed by atoms with Gasteiger partial charge in [0.1, 0.15) is 17.4 Å². The van der Waals surface area contributed by atoms with Crippen molar-refractivity contribution in [1.82, 2.24) is 20.1 Å². The Morgan fingerprint density at radius 1 is 1.21 bits per heavy atom. The molecular weight excluding hydrogens is 358 g/mol. The summed E-state index contributed by atoms with van der Waals surface area (Å²) in [7, 11) is 0. The van der Waals surface area contributed by atoms with Gasteiger partial charge in [0.25, 0.3) is 11.5 Å². The molecule has 8 nitrogen and oxygen atoms in total. The van der Waals surface area contributed by atoms with Crippen molar-refractivity contribution in [3.8, 4) is 0 Å². The number of pyridine rings is 1. The first-order chi connectivity index (χ1) is 13.5. The molecule has 0 saturated carbocycles. The van der Waals surface area contributed by atoms with Crippen LogP contribution in [-0.2, 0) is 9.59 Å². The zero-order valence-corrected chi connectivity index (χ0v) is 16.0. The number of aromatic nitrogens is 1. The maximum absolute atomic E-state index is 13.5. The smallest absolute Gasteiger partial charge is 0.253 e. The molecule has 148 valence electrons. The van der Waals surface area contributed by atoms with Crippen molar-refractivity contribution in [2.75, 3.05) is 26.2 Å². The zero-order valence-electron chi connectivity index (χ0n) is 16.0. The van der Waals surface area contributed by atoms with Gasteiger partial charge in [0.05, 0.1) is 0 Å². The number of amidine groups is 1. The van der Waals surface area contributed by atoms with Gasteiger partial charge in [-0.05, 0) is 32.3 Å². The highest BCUT2D eigenvalue weighted by atomic mass is 16.2. The van der Waals surface area contributed by atoms with Crippen LogP contribution in [-0.4, -0.2) is 58.8 Å². The first-order valence-corrected chi connectivity index (χ1v) is 10.1. The summed E-state index contributed by atoms with van der Waals surface area (Å²) < 4.78 is 1.73. The number of piperidine rings is 2. The van der Waals surface area contributed by atoms with E-state index in [2.05, 4.69) is 15.6 Å². The molecule has 5 rings (SSSR count). The van der Waals surface area contributed by atoms with Gasteiger partial charge in [-0.15, -0.1) is 0 Å². The second-order valence-electron chi connectivity index (χ2n) is 8.46. The highest BCUT2D eigenvalue weighted by molar-refractivity contribution is 6.07. The van der Waals surface area contributed by atoms with Crippen LogP contribution >= 0.6 is 0 Å². The van der Waals surface area contributed by atoms with Gasteiger partial charge in [0, 0.05) is 49.8 Å². The highest BCUT2D eigenvalue weighted by Crippen LogP contribution is 2.40. The minimum Gasteiger partial charge on any atom is -0.341 e. The zero-order chi connectivity index (χ0) is 19.5. The Kier molecular flexibility index (Phi) is 3.94. The molecule has 0 aliphatic carbocycles. The Bertz CT molecular complexity index is 928. The van der Waals surface area contributed by atoms with E-state index >= 15 is 0 Å². The van der Waals surface area contributed by atoms with Gasteiger partial charge in [0.15, 0.2) is 0 Å². The van der Waals surface area contributed by atoms with Crippen molar-refractivity contribution >= 4 is 17.6 Å². The quantitative estimate of drug-likeness (QED) is 0.714. The van der Waals surface area contributed by atoms with Crippen LogP contribution in [0.25, 0.3) is 0 Å². The largest absolute Gasteiger partial charge is 0.341 e. The lowest BCUT2D eigenvalue weighted by molar-refractivity contribution is -0.141. The summed E-state index contributed by atoms with van der Waals surface area (Å²) in [6.07, 6.45) is 1.98. The number of fused-ring (bicyclic) bond motifs is 4. The molecule has 4 aliphatic heterocycles. The highest BCUT2D eigenvalue weighted by Gasteiger charge is 2.48. The normalized spacial score (nSPS) is 30.6. The lowest BCUT2D eigenvalue weighted by Crippen LogP contribution is -2.56. The summed E-state index contributed by atoms with van der Waals surface area (Å²) in [6, 6.07) is 4.84. The number of nitrogens with one attached hydrogen (secondary N) is 2. The Balaban J connectivity index is 1.43. The topological polar surface area (TPSA) is 95.8 Å². The maximum Gasteiger partial charge on any atom is 0.253 e. The third-order valence-corrected chi connectivity index (χ3v) is 6.80. The molecule has 1 spiro atoms. The number of carbonyl (C=O) groups is 2. The van der Waals surface area contributed by atoms with Crippen molar-refractivity contribution in [2.24, 2.45) is 10.9 Å². The molecule has 0 radical (unpaired) electrons. The van der Waals surface area contributed by atoms with Gasteiger partial charge in [-0.3, -0.25) is 23.9 Å². The monoisotopic (exact) mass is 383 g/mol. The van der Waals surface area contributed by atoms with E-state index in [4.69, 9.17) is 0 Å². The lowest BCUT2D eigenvalue weighted by atomic mass is 9.78. The molecule has 2 amide bonds. The third kappa shape index (κ3) is 2.54. The third-order valence-electron chi connectivity index (χ3n) is 6.80. The van der Waals surface area contributed by atoms with E-state index in [-0.39, 0.29) is 29.2 Å². The van der Waals surface area contributed by atoms with Crippen molar-refractivity contribution in [1.29, 1.82) is 0 Å². The fraction of sp³-hybridized carbons (Fsp3) is 0.600. The van der Waals surface area contributed by atoms with E-state index in [1.54, 1.807) is 23.6 Å². The average molecular weight is 383 g/mol. The van der Waals surface area contributed by atoms with Crippen molar-refractivity contribution < 1.29 is 9.59 Å². The molecule has 2 bridgehead atoms. The van der Waals surface area contributed by atoms with Crippen LogP contribution in [0, 0.1) is 5.92 Å². The number of nitrogens with zero attached hydrogens (tertiary/aromatic N) is 3. The Hall–Kier alpha value is -2.48. The molecule has 28 heavy (non-hydrogen) atoms. The second-order valence-corrected chi connectivity index (χ2v) is 8.46. The standard InChI is InChI=1S/C20H25N5O3/c1-12-22-19(28)20(23-12)5-7-24(8-6-20)18(27)17-14-9-13(10-21-11-14)15-3-2-4-16(26)25(15)17/h2-4,13-14,17,21H,5-11H2,1H3,(H,22,23,28)/t13-,14+,17-/m1/s1. The van der Waals surface area contributed by atoms with E-state index in [1.165, 1.54) is 0 Å². The summed E-state index contributed by atoms with van der Waals surface area (Å²) in [5, 5.41) is 6.22. The molecule has 8 heteroatoms. The number of likely N-dealkylation sites (tertiary alicyclic amines) is 1. The summed E-state index contributed by atoms with van der Waals surface area (Å²) in [5.41, 5.74) is 0.133. The number of rotatable bonds is 1. The minimum atomic E-state index is -0.723. The molecule has 5 heterocycles. The second kappa shape index (κ2) is 6.27. The summed E-state index contributed by atoms with van der Waals surface area (Å²) in [5.74, 6) is 0.980. The molecule has 2 fully saturated rings. The van der Waals surface area contributed by atoms with Gasteiger partial charge in [-0.2, -0.15) is 0 Å². The van der Waals surface area contributed by atoms with Crippen LogP contribution in [0.1, 0.15) is 43.8 Å². The first kappa shape index (κ1) is 17.6. The number of carbonyl (C=O) groups excluding carboxylic acids is 2. The maximum atomic E-state index is 13.5. The number of hydrogen-bond donors (Lipinski definition) is 2. The fourth-order valence-corrected chi connectivity index (χ4v) is 5.41. The van der Waals surface area contributed by atoms with Crippen LogP contribution in [0.4, 0.5) is 0 Å². The van der Waals surface area contributed by atoms with Gasteiger partial charge >= 0.3 is 0 Å². The van der Waals surface area contributed by atoms with Gasteiger partial charge < -0.3 is 15.5 Å². The Labute approximate surface area is 163 Å². The lowest BCUT2D eigenvalue weighted by Gasteiger charge is -2.45. The van der Waals surface area contributed by atoms with E-state index in [0.717, 1.165) is 25.2 Å². The van der Waals surface area contributed by atoms with Gasteiger partial charge in [0.2, 0.25) is 5.91 Å². The summed E-state index contributed by atoms with van der Waals surface area (Å²) in [6.45, 7) is 4.36. The van der Waals surface area contributed by atoms with E-state index in [0.29, 0.717) is 31.8 Å². The molecule has 2 saturated heterocycles. The van der Waals surface area contributed by atoms with Gasteiger partial charge in [-0.25, -0.2) is 0 Å². The predicted molar refractivity (Wildman–Crippen MR) is 103 cm³/mol. The fourth-order valence-electron chi connectivity index (χ4n) is 5.41. The van der Waals surface area contributed by atoms with Crippen molar-refractivity contribution in [3.63, 3.8) is 0 Å². The molecule has 0 aromatic carbocycles.